The second-order valence-corrected chi connectivity index (χ2v) is 7.45. The highest BCUT2D eigenvalue weighted by Gasteiger charge is 2.30. The van der Waals surface area contributed by atoms with Crippen molar-refractivity contribution in [1.29, 1.82) is 0 Å². The molecule has 1 aliphatic heterocycles. The van der Waals surface area contributed by atoms with Crippen LogP contribution in [-0.2, 0) is 4.79 Å². The Morgan fingerprint density at radius 3 is 2.60 bits per heavy atom. The molecule has 0 radical (unpaired) electrons. The number of hydrogen-bond donors (Lipinski definition) is 1. The second kappa shape index (κ2) is 7.49. The largest absolute Gasteiger partial charge is 0.507 e. The first-order valence-electron chi connectivity index (χ1n) is 7.37. The van der Waals surface area contributed by atoms with E-state index < -0.39 is 0 Å². The number of phenolic OH excluding ortho intramolecular Hbond substituents is 1. The summed E-state index contributed by atoms with van der Waals surface area (Å²) in [6, 6.07) is 12.6. The summed E-state index contributed by atoms with van der Waals surface area (Å²) in [6.07, 6.45) is 1.81. The van der Waals surface area contributed by atoms with Crippen LogP contribution in [0.5, 0.6) is 11.5 Å². The fourth-order valence-corrected chi connectivity index (χ4v) is 3.71. The highest BCUT2D eigenvalue weighted by Crippen LogP contribution is 2.34. The number of methoxy groups -OCH3 is 1. The SMILES string of the molecule is COc1ccc(N=C2S/C(=C\c3ccc(O)c(I)c3)C(=O)N2C)cc1. The number of ether oxygens (including phenoxy) is 1. The van der Waals surface area contributed by atoms with Gasteiger partial charge in [-0.1, -0.05) is 6.07 Å². The fourth-order valence-electron chi connectivity index (χ4n) is 2.18. The van der Waals surface area contributed by atoms with Crippen LogP contribution >= 0.6 is 34.4 Å². The van der Waals surface area contributed by atoms with E-state index in [1.54, 1.807) is 26.3 Å². The normalized spacial score (nSPS) is 17.6. The molecule has 7 heteroatoms. The van der Waals surface area contributed by atoms with Gasteiger partial charge in [0.25, 0.3) is 5.91 Å². The van der Waals surface area contributed by atoms with Crippen LogP contribution in [0.1, 0.15) is 5.56 Å². The van der Waals surface area contributed by atoms with Gasteiger partial charge < -0.3 is 9.84 Å². The number of amidine groups is 1. The molecule has 128 valence electrons. The molecule has 1 aliphatic rings. The first-order valence-corrected chi connectivity index (χ1v) is 9.26. The molecule has 25 heavy (non-hydrogen) atoms. The molecule has 0 bridgehead atoms. The molecule has 1 fully saturated rings. The maximum atomic E-state index is 12.4. The molecule has 0 unspecified atom stereocenters. The van der Waals surface area contributed by atoms with Crippen molar-refractivity contribution in [3.05, 3.63) is 56.5 Å². The van der Waals surface area contributed by atoms with Crippen LogP contribution in [0, 0.1) is 3.57 Å². The average molecular weight is 466 g/mol. The number of carbonyl (C=O) groups is 1. The molecule has 2 aromatic rings. The van der Waals surface area contributed by atoms with Crippen molar-refractivity contribution in [3.63, 3.8) is 0 Å². The Morgan fingerprint density at radius 2 is 1.96 bits per heavy atom. The van der Waals surface area contributed by atoms with Gasteiger partial charge in [-0.25, -0.2) is 4.99 Å². The van der Waals surface area contributed by atoms with Gasteiger partial charge in [-0.15, -0.1) is 0 Å². The third kappa shape index (κ3) is 3.98. The van der Waals surface area contributed by atoms with Crippen LogP contribution in [0.3, 0.4) is 0 Å². The van der Waals surface area contributed by atoms with Gasteiger partial charge in [0.1, 0.15) is 11.5 Å². The van der Waals surface area contributed by atoms with E-state index in [1.165, 1.54) is 16.7 Å². The summed E-state index contributed by atoms with van der Waals surface area (Å²) >= 11 is 3.38. The van der Waals surface area contributed by atoms with Crippen LogP contribution in [0.4, 0.5) is 5.69 Å². The summed E-state index contributed by atoms with van der Waals surface area (Å²) in [5.74, 6) is 0.891. The summed E-state index contributed by atoms with van der Waals surface area (Å²) in [5, 5.41) is 10.2. The molecule has 1 N–H and O–H groups in total. The lowest BCUT2D eigenvalue weighted by molar-refractivity contribution is -0.121. The number of carbonyl (C=O) groups excluding carboxylic acids is 1. The zero-order chi connectivity index (χ0) is 18.0. The van der Waals surface area contributed by atoms with Gasteiger partial charge in [-0.05, 0) is 82.4 Å². The monoisotopic (exact) mass is 466 g/mol. The minimum atomic E-state index is -0.0969. The molecule has 0 spiro atoms. The number of thioether (sulfide) groups is 1. The minimum Gasteiger partial charge on any atom is -0.507 e. The van der Waals surface area contributed by atoms with Gasteiger partial charge in [-0.3, -0.25) is 9.69 Å². The topological polar surface area (TPSA) is 62.1 Å². The number of halogens is 1. The Bertz CT molecular complexity index is 878. The van der Waals surface area contributed by atoms with Crippen LogP contribution in [0.15, 0.2) is 52.4 Å². The number of aliphatic imine (C=N–C) groups is 1. The smallest absolute Gasteiger partial charge is 0.266 e. The molecule has 1 amide bonds. The van der Waals surface area contributed by atoms with Gasteiger partial charge in [0.05, 0.1) is 21.3 Å². The van der Waals surface area contributed by atoms with Gasteiger partial charge in [-0.2, -0.15) is 0 Å². The van der Waals surface area contributed by atoms with Crippen LogP contribution in [0.25, 0.3) is 6.08 Å². The van der Waals surface area contributed by atoms with Crippen LogP contribution < -0.4 is 4.74 Å². The number of likely N-dealkylation sites (N-methyl/N-ethyl adjacent to an activating group) is 1. The summed E-state index contributed by atoms with van der Waals surface area (Å²) in [4.78, 5) is 19.1. The second-order valence-electron chi connectivity index (χ2n) is 5.28. The molecule has 0 atom stereocenters. The van der Waals surface area contributed by atoms with Crippen molar-refractivity contribution in [3.8, 4) is 11.5 Å². The van der Waals surface area contributed by atoms with Crippen molar-refractivity contribution >= 4 is 57.2 Å². The molecule has 3 rings (SSSR count). The molecule has 1 heterocycles. The molecule has 5 nitrogen and oxygen atoms in total. The number of nitrogens with zero attached hydrogens (tertiary/aromatic N) is 2. The van der Waals surface area contributed by atoms with E-state index in [9.17, 15) is 9.90 Å². The predicted octanol–water partition coefficient (Wildman–Crippen LogP) is 4.24. The maximum Gasteiger partial charge on any atom is 0.266 e. The Balaban J connectivity index is 1.87. The minimum absolute atomic E-state index is 0.0969. The predicted molar refractivity (Wildman–Crippen MR) is 109 cm³/mol. The number of amides is 1. The Hall–Kier alpha value is -2.00. The van der Waals surface area contributed by atoms with Crippen LogP contribution in [0.2, 0.25) is 0 Å². The lowest BCUT2D eigenvalue weighted by atomic mass is 10.2. The summed E-state index contributed by atoms with van der Waals surface area (Å²) in [7, 11) is 3.32. The Labute approximate surface area is 163 Å². The summed E-state index contributed by atoms with van der Waals surface area (Å²) < 4.78 is 5.87. The van der Waals surface area contributed by atoms with E-state index >= 15 is 0 Å². The highest BCUT2D eigenvalue weighted by atomic mass is 127. The van der Waals surface area contributed by atoms with Gasteiger partial charge in [0, 0.05) is 7.05 Å². The lowest BCUT2D eigenvalue weighted by Crippen LogP contribution is -2.23. The quantitative estimate of drug-likeness (QED) is 0.543. The molecule has 2 aromatic carbocycles. The maximum absolute atomic E-state index is 12.4. The molecular formula is C18H15IN2O3S. The molecule has 1 saturated heterocycles. The van der Waals surface area contributed by atoms with Gasteiger partial charge in [0.15, 0.2) is 5.17 Å². The lowest BCUT2D eigenvalue weighted by Gasteiger charge is -2.07. The van der Waals surface area contributed by atoms with Gasteiger partial charge in [0.2, 0.25) is 0 Å². The number of hydrogen-bond acceptors (Lipinski definition) is 5. The van der Waals surface area contributed by atoms with Crippen molar-refractivity contribution in [2.75, 3.05) is 14.2 Å². The van der Waals surface area contributed by atoms with Crippen molar-refractivity contribution in [2.24, 2.45) is 4.99 Å². The first-order chi connectivity index (χ1) is 12.0. The zero-order valence-corrected chi connectivity index (χ0v) is 16.5. The number of rotatable bonds is 3. The van der Waals surface area contributed by atoms with Crippen molar-refractivity contribution < 1.29 is 14.6 Å². The van der Waals surface area contributed by atoms with E-state index in [0.717, 1.165) is 20.6 Å². The van der Waals surface area contributed by atoms with E-state index in [-0.39, 0.29) is 11.7 Å². The zero-order valence-electron chi connectivity index (χ0n) is 13.6. The van der Waals surface area contributed by atoms with Crippen LogP contribution in [-0.4, -0.2) is 35.2 Å². The van der Waals surface area contributed by atoms with Crippen molar-refractivity contribution in [1.82, 2.24) is 4.90 Å². The van der Waals surface area contributed by atoms with E-state index in [0.29, 0.717) is 10.1 Å². The molecule has 0 aromatic heterocycles. The Kier molecular flexibility index (Phi) is 5.33. The van der Waals surface area contributed by atoms with Crippen molar-refractivity contribution in [2.45, 2.75) is 0 Å². The summed E-state index contributed by atoms with van der Waals surface area (Å²) in [6.45, 7) is 0. The van der Waals surface area contributed by atoms with Gasteiger partial charge >= 0.3 is 0 Å². The van der Waals surface area contributed by atoms with E-state index in [1.807, 2.05) is 36.4 Å². The average Bonchev–Trinajstić information content (AvgIpc) is 2.87. The third-order valence-electron chi connectivity index (χ3n) is 3.57. The summed E-state index contributed by atoms with van der Waals surface area (Å²) in [5.41, 5.74) is 1.61. The molecular weight excluding hydrogens is 451 g/mol. The number of aromatic hydroxyl groups is 1. The number of phenols is 1. The third-order valence-corrected chi connectivity index (χ3v) is 5.49. The first kappa shape index (κ1) is 17.8. The number of benzene rings is 2. The highest BCUT2D eigenvalue weighted by molar-refractivity contribution is 14.1. The van der Waals surface area contributed by atoms with E-state index in [4.69, 9.17) is 4.74 Å². The Morgan fingerprint density at radius 1 is 1.24 bits per heavy atom. The standard InChI is InChI=1S/C18H15IN2O3S/c1-21-17(23)16(10-11-3-8-15(22)14(19)9-11)25-18(21)20-12-4-6-13(24-2)7-5-12/h3-10,22H,1-2H3/b16-10-,20-18?. The molecule has 0 aliphatic carbocycles. The van der Waals surface area contributed by atoms with E-state index in [2.05, 4.69) is 27.6 Å². The fraction of sp³-hybridized carbons (Fsp3) is 0.111. The molecule has 0 saturated carbocycles.